The van der Waals surface area contributed by atoms with E-state index in [2.05, 4.69) is 18.3 Å². The van der Waals surface area contributed by atoms with Crippen molar-refractivity contribution in [3.05, 3.63) is 29.3 Å². The molecule has 0 aromatic heterocycles. The average molecular weight is 191 g/mol. The minimum Gasteiger partial charge on any atom is -0.508 e. The number of hydrogen-bond acceptors (Lipinski definition) is 2. The molecular formula is C12H17NO. The third-order valence-electron chi connectivity index (χ3n) is 2.98. The highest BCUT2D eigenvalue weighted by Gasteiger charge is 2.24. The van der Waals surface area contributed by atoms with Crippen LogP contribution >= 0.6 is 0 Å². The predicted molar refractivity (Wildman–Crippen MR) is 57.7 cm³/mol. The lowest BCUT2D eigenvalue weighted by atomic mass is 10.0. The zero-order valence-corrected chi connectivity index (χ0v) is 8.59. The Bertz CT molecular complexity index is 322. The van der Waals surface area contributed by atoms with E-state index in [4.69, 9.17) is 0 Å². The van der Waals surface area contributed by atoms with Crippen LogP contribution in [0.2, 0.25) is 0 Å². The topological polar surface area (TPSA) is 32.3 Å². The maximum atomic E-state index is 9.77. The van der Waals surface area contributed by atoms with Gasteiger partial charge in [0.25, 0.3) is 0 Å². The largest absolute Gasteiger partial charge is 0.508 e. The maximum absolute atomic E-state index is 9.77. The van der Waals surface area contributed by atoms with E-state index >= 15 is 0 Å². The van der Waals surface area contributed by atoms with Gasteiger partial charge in [0.15, 0.2) is 0 Å². The van der Waals surface area contributed by atoms with Crippen molar-refractivity contribution in [1.29, 1.82) is 0 Å². The Kier molecular flexibility index (Phi) is 2.73. The lowest BCUT2D eigenvalue weighted by molar-refractivity contribution is 0.459. The van der Waals surface area contributed by atoms with E-state index in [1.807, 2.05) is 6.07 Å². The summed E-state index contributed by atoms with van der Waals surface area (Å²) in [7, 11) is 0. The highest BCUT2D eigenvalue weighted by molar-refractivity contribution is 5.45. The lowest BCUT2D eigenvalue weighted by Crippen LogP contribution is -2.19. The van der Waals surface area contributed by atoms with Crippen molar-refractivity contribution < 1.29 is 5.11 Å². The Hall–Kier alpha value is -1.02. The second kappa shape index (κ2) is 4.01. The Morgan fingerprint density at radius 2 is 2.36 bits per heavy atom. The first-order valence-corrected chi connectivity index (χ1v) is 5.34. The number of phenolic OH excluding ortho intramolecular Hbond substituents is 1. The summed E-state index contributed by atoms with van der Waals surface area (Å²) < 4.78 is 0. The van der Waals surface area contributed by atoms with Crippen molar-refractivity contribution in [3.8, 4) is 5.75 Å². The summed E-state index contributed by atoms with van der Waals surface area (Å²) in [5, 5.41) is 13.1. The number of aromatic hydroxyl groups is 1. The van der Waals surface area contributed by atoms with Gasteiger partial charge in [-0.15, -0.1) is 0 Å². The highest BCUT2D eigenvalue weighted by Crippen LogP contribution is 2.38. The molecule has 0 radical (unpaired) electrons. The van der Waals surface area contributed by atoms with Crippen LogP contribution in [-0.2, 0) is 6.42 Å². The van der Waals surface area contributed by atoms with Gasteiger partial charge >= 0.3 is 0 Å². The van der Waals surface area contributed by atoms with Crippen LogP contribution in [0.25, 0.3) is 0 Å². The van der Waals surface area contributed by atoms with Gasteiger partial charge in [-0.1, -0.05) is 19.1 Å². The molecule has 0 fully saturated rings. The quantitative estimate of drug-likeness (QED) is 0.766. The van der Waals surface area contributed by atoms with Crippen LogP contribution in [0.1, 0.15) is 30.4 Å². The van der Waals surface area contributed by atoms with Crippen molar-refractivity contribution in [2.75, 3.05) is 13.1 Å². The Morgan fingerprint density at radius 1 is 1.50 bits per heavy atom. The third kappa shape index (κ3) is 1.62. The van der Waals surface area contributed by atoms with Gasteiger partial charge in [0, 0.05) is 18.0 Å². The van der Waals surface area contributed by atoms with Gasteiger partial charge in [-0.3, -0.25) is 0 Å². The first kappa shape index (κ1) is 9.53. The van der Waals surface area contributed by atoms with Crippen molar-refractivity contribution in [3.63, 3.8) is 0 Å². The summed E-state index contributed by atoms with van der Waals surface area (Å²) in [5.74, 6) is 0.981. The summed E-state index contributed by atoms with van der Waals surface area (Å²) in [6.45, 7) is 4.10. The van der Waals surface area contributed by atoms with Crippen molar-refractivity contribution in [1.82, 2.24) is 5.32 Å². The SMILES string of the molecule is CCNCC1CCc2cccc(O)c21. The molecule has 0 saturated heterocycles. The number of phenols is 1. The third-order valence-corrected chi connectivity index (χ3v) is 2.98. The summed E-state index contributed by atoms with van der Waals surface area (Å²) in [4.78, 5) is 0. The molecule has 14 heavy (non-hydrogen) atoms. The molecule has 1 aliphatic carbocycles. The van der Waals surface area contributed by atoms with Gasteiger partial charge in [-0.25, -0.2) is 0 Å². The molecule has 1 aliphatic rings. The molecule has 1 atom stereocenters. The van der Waals surface area contributed by atoms with E-state index in [1.165, 1.54) is 17.5 Å². The summed E-state index contributed by atoms with van der Waals surface area (Å²) in [6, 6.07) is 5.86. The first-order chi connectivity index (χ1) is 6.83. The number of rotatable bonds is 3. The normalized spacial score (nSPS) is 19.6. The van der Waals surface area contributed by atoms with Crippen molar-refractivity contribution >= 4 is 0 Å². The molecule has 0 amide bonds. The fourth-order valence-electron chi connectivity index (χ4n) is 2.29. The maximum Gasteiger partial charge on any atom is 0.119 e. The van der Waals surface area contributed by atoms with E-state index in [9.17, 15) is 5.11 Å². The van der Waals surface area contributed by atoms with Crippen LogP contribution in [0.3, 0.4) is 0 Å². The second-order valence-corrected chi connectivity index (χ2v) is 3.89. The summed E-state index contributed by atoms with van der Waals surface area (Å²) in [6.07, 6.45) is 2.28. The van der Waals surface area contributed by atoms with E-state index in [0.717, 1.165) is 19.5 Å². The number of hydrogen-bond donors (Lipinski definition) is 2. The fourth-order valence-corrected chi connectivity index (χ4v) is 2.29. The number of aryl methyl sites for hydroxylation is 1. The van der Waals surface area contributed by atoms with Crippen LogP contribution in [0, 0.1) is 0 Å². The van der Waals surface area contributed by atoms with Gasteiger partial charge in [-0.2, -0.15) is 0 Å². The van der Waals surface area contributed by atoms with Gasteiger partial charge in [0.2, 0.25) is 0 Å². The first-order valence-electron chi connectivity index (χ1n) is 5.34. The molecule has 1 aromatic carbocycles. The van der Waals surface area contributed by atoms with Crippen LogP contribution in [0.4, 0.5) is 0 Å². The molecule has 1 unspecified atom stereocenters. The Balaban J connectivity index is 2.20. The van der Waals surface area contributed by atoms with E-state index < -0.39 is 0 Å². The monoisotopic (exact) mass is 191 g/mol. The number of likely N-dealkylation sites (N-methyl/N-ethyl adjacent to an activating group) is 1. The molecule has 76 valence electrons. The van der Waals surface area contributed by atoms with Gasteiger partial charge in [-0.05, 0) is 31.0 Å². The number of fused-ring (bicyclic) bond motifs is 1. The lowest BCUT2D eigenvalue weighted by Gasteiger charge is -2.12. The molecule has 2 heteroatoms. The minimum absolute atomic E-state index is 0.475. The standard InChI is InChI=1S/C12H17NO/c1-2-13-8-10-7-6-9-4-3-5-11(14)12(9)10/h3-5,10,13-14H,2,6-8H2,1H3. The van der Waals surface area contributed by atoms with Crippen LogP contribution < -0.4 is 5.32 Å². The molecule has 2 N–H and O–H groups in total. The predicted octanol–water partition coefficient (Wildman–Crippen LogP) is 2.03. The van der Waals surface area contributed by atoms with E-state index in [-0.39, 0.29) is 0 Å². The van der Waals surface area contributed by atoms with Crippen LogP contribution in [0.15, 0.2) is 18.2 Å². The average Bonchev–Trinajstić information content (AvgIpc) is 2.59. The molecule has 1 aromatic rings. The van der Waals surface area contributed by atoms with Crippen LogP contribution in [-0.4, -0.2) is 18.2 Å². The van der Waals surface area contributed by atoms with Crippen molar-refractivity contribution in [2.24, 2.45) is 0 Å². The zero-order chi connectivity index (χ0) is 9.97. The molecule has 0 heterocycles. The summed E-state index contributed by atoms with van der Waals surface area (Å²) >= 11 is 0. The fraction of sp³-hybridized carbons (Fsp3) is 0.500. The molecule has 0 saturated carbocycles. The number of benzene rings is 1. The van der Waals surface area contributed by atoms with Crippen LogP contribution in [0.5, 0.6) is 5.75 Å². The van der Waals surface area contributed by atoms with E-state index in [0.29, 0.717) is 11.7 Å². The Morgan fingerprint density at radius 3 is 3.14 bits per heavy atom. The summed E-state index contributed by atoms with van der Waals surface area (Å²) in [5.41, 5.74) is 2.50. The van der Waals surface area contributed by atoms with Gasteiger partial charge in [0.05, 0.1) is 0 Å². The smallest absolute Gasteiger partial charge is 0.119 e. The number of nitrogens with one attached hydrogen (secondary N) is 1. The minimum atomic E-state index is 0.475. The zero-order valence-electron chi connectivity index (χ0n) is 8.59. The Labute approximate surface area is 85.0 Å². The second-order valence-electron chi connectivity index (χ2n) is 3.89. The highest BCUT2D eigenvalue weighted by atomic mass is 16.3. The van der Waals surface area contributed by atoms with Crippen molar-refractivity contribution in [2.45, 2.75) is 25.7 Å². The molecule has 0 bridgehead atoms. The molecule has 2 rings (SSSR count). The van der Waals surface area contributed by atoms with Gasteiger partial charge < -0.3 is 10.4 Å². The van der Waals surface area contributed by atoms with Gasteiger partial charge in [0.1, 0.15) is 5.75 Å². The molecule has 0 aliphatic heterocycles. The van der Waals surface area contributed by atoms with E-state index in [1.54, 1.807) is 6.07 Å². The molecular weight excluding hydrogens is 174 g/mol. The molecule has 2 nitrogen and oxygen atoms in total. The molecule has 0 spiro atoms.